The number of hydrogen-bond donors (Lipinski definition) is 0. The minimum Gasteiger partial charge on any atom is -0.0784 e. The lowest BCUT2D eigenvalue weighted by molar-refractivity contribution is 0.788. The van der Waals surface area contributed by atoms with E-state index in [1.54, 1.807) is 0 Å². The summed E-state index contributed by atoms with van der Waals surface area (Å²) in [5, 5.41) is 0. The molecule has 0 fully saturated rings. The van der Waals surface area contributed by atoms with Gasteiger partial charge >= 0.3 is 0 Å². The summed E-state index contributed by atoms with van der Waals surface area (Å²) in [5.74, 6) is 0. The number of benzene rings is 1. The van der Waals surface area contributed by atoms with Gasteiger partial charge in [0.25, 0.3) is 0 Å². The van der Waals surface area contributed by atoms with E-state index in [4.69, 9.17) is 34.8 Å². The molecular formula is C11H13Cl3. The van der Waals surface area contributed by atoms with Gasteiger partial charge in [-0.05, 0) is 18.4 Å². The van der Waals surface area contributed by atoms with E-state index in [0.29, 0.717) is 0 Å². The lowest BCUT2D eigenvalue weighted by Crippen LogP contribution is -2.04. The second-order valence-electron chi connectivity index (χ2n) is 3.26. The molecule has 0 spiro atoms. The molecule has 0 aliphatic heterocycles. The predicted molar refractivity (Wildman–Crippen MR) is 64.3 cm³/mol. The van der Waals surface area contributed by atoms with Crippen LogP contribution < -0.4 is 0 Å². The molecule has 0 aliphatic rings. The smallest absolute Gasteiger partial charge is 0.0784 e. The molecule has 0 nitrogen and oxygen atoms in total. The van der Waals surface area contributed by atoms with Crippen molar-refractivity contribution in [3.63, 3.8) is 0 Å². The van der Waals surface area contributed by atoms with Crippen molar-refractivity contribution in [2.45, 2.75) is 30.0 Å². The fourth-order valence-electron chi connectivity index (χ4n) is 1.38. The Labute approximate surface area is 100 Å². The van der Waals surface area contributed by atoms with E-state index in [9.17, 15) is 0 Å². The zero-order valence-corrected chi connectivity index (χ0v) is 10.3. The average Bonchev–Trinajstić information content (AvgIpc) is 2.14. The largest absolute Gasteiger partial charge is 0.216 e. The van der Waals surface area contributed by atoms with Crippen LogP contribution in [-0.4, -0.2) is 0 Å². The highest BCUT2D eigenvalue weighted by Gasteiger charge is 2.24. The maximum atomic E-state index is 5.87. The molecule has 0 bridgehead atoms. The van der Waals surface area contributed by atoms with E-state index < -0.39 is 3.79 Å². The zero-order chi connectivity index (χ0) is 10.6. The van der Waals surface area contributed by atoms with E-state index in [1.807, 2.05) is 24.3 Å². The molecule has 14 heavy (non-hydrogen) atoms. The molecule has 78 valence electrons. The van der Waals surface area contributed by atoms with Gasteiger partial charge < -0.3 is 0 Å². The van der Waals surface area contributed by atoms with Crippen LogP contribution in [0.2, 0.25) is 0 Å². The van der Waals surface area contributed by atoms with Crippen molar-refractivity contribution in [2.24, 2.45) is 0 Å². The summed E-state index contributed by atoms with van der Waals surface area (Å²) >= 11 is 17.6. The molecular weight excluding hydrogens is 238 g/mol. The third-order valence-corrected chi connectivity index (χ3v) is 2.73. The van der Waals surface area contributed by atoms with Crippen LogP contribution in [0.1, 0.15) is 30.9 Å². The first-order valence-electron chi connectivity index (χ1n) is 4.70. The van der Waals surface area contributed by atoms with Gasteiger partial charge in [-0.3, -0.25) is 0 Å². The van der Waals surface area contributed by atoms with Crippen LogP contribution in [0.5, 0.6) is 0 Å². The monoisotopic (exact) mass is 250 g/mol. The van der Waals surface area contributed by atoms with Gasteiger partial charge in [-0.2, -0.15) is 0 Å². The van der Waals surface area contributed by atoms with Crippen molar-refractivity contribution >= 4 is 34.8 Å². The molecule has 0 radical (unpaired) electrons. The normalized spacial score (nSPS) is 11.7. The zero-order valence-electron chi connectivity index (χ0n) is 8.06. The number of alkyl halides is 3. The third-order valence-electron chi connectivity index (χ3n) is 2.12. The minimum atomic E-state index is -1.30. The molecule has 0 saturated carbocycles. The van der Waals surface area contributed by atoms with Gasteiger partial charge in [-0.25, -0.2) is 0 Å². The Kier molecular flexibility index (Phi) is 4.56. The second kappa shape index (κ2) is 5.25. The van der Waals surface area contributed by atoms with Crippen LogP contribution in [0.25, 0.3) is 0 Å². The number of aryl methyl sites for hydroxylation is 1. The van der Waals surface area contributed by atoms with Crippen molar-refractivity contribution in [1.29, 1.82) is 0 Å². The molecule has 3 heteroatoms. The van der Waals surface area contributed by atoms with Gasteiger partial charge in [-0.1, -0.05) is 72.4 Å². The van der Waals surface area contributed by atoms with Crippen molar-refractivity contribution in [2.75, 3.05) is 0 Å². The molecule has 0 N–H and O–H groups in total. The fourth-order valence-corrected chi connectivity index (χ4v) is 1.94. The molecule has 1 aromatic rings. The number of halogens is 3. The lowest BCUT2D eigenvalue weighted by atomic mass is 10.0. The van der Waals surface area contributed by atoms with Gasteiger partial charge in [0.1, 0.15) is 0 Å². The molecule has 1 aromatic carbocycles. The van der Waals surface area contributed by atoms with Gasteiger partial charge in [0, 0.05) is 5.56 Å². The molecule has 0 heterocycles. The lowest BCUT2D eigenvalue weighted by Gasteiger charge is -2.15. The van der Waals surface area contributed by atoms with Gasteiger partial charge in [0.05, 0.1) is 0 Å². The Morgan fingerprint density at radius 3 is 2.36 bits per heavy atom. The summed E-state index contributed by atoms with van der Waals surface area (Å²) < 4.78 is -1.30. The summed E-state index contributed by atoms with van der Waals surface area (Å²) in [4.78, 5) is 0. The molecule has 0 aliphatic carbocycles. The number of rotatable bonds is 3. The Hall–Kier alpha value is 0.0900. The van der Waals surface area contributed by atoms with Crippen LogP contribution in [0.4, 0.5) is 0 Å². The van der Waals surface area contributed by atoms with Crippen molar-refractivity contribution in [3.05, 3.63) is 35.4 Å². The van der Waals surface area contributed by atoms with Crippen LogP contribution >= 0.6 is 34.8 Å². The molecule has 0 unspecified atom stereocenters. The van der Waals surface area contributed by atoms with Crippen molar-refractivity contribution in [3.8, 4) is 0 Å². The highest BCUT2D eigenvalue weighted by atomic mass is 35.6. The van der Waals surface area contributed by atoms with Gasteiger partial charge in [-0.15, -0.1) is 0 Å². The maximum Gasteiger partial charge on any atom is 0.216 e. The quantitative estimate of drug-likeness (QED) is 0.673. The van der Waals surface area contributed by atoms with E-state index in [0.717, 1.165) is 30.4 Å². The van der Waals surface area contributed by atoms with E-state index >= 15 is 0 Å². The van der Waals surface area contributed by atoms with E-state index in [2.05, 4.69) is 6.92 Å². The fraction of sp³-hybridized carbons (Fsp3) is 0.455. The van der Waals surface area contributed by atoms with Crippen LogP contribution in [0, 0.1) is 0 Å². The second-order valence-corrected chi connectivity index (χ2v) is 5.54. The van der Waals surface area contributed by atoms with E-state index in [1.165, 1.54) is 0 Å². The summed E-state index contributed by atoms with van der Waals surface area (Å²) in [6, 6.07) is 7.77. The van der Waals surface area contributed by atoms with Crippen LogP contribution in [0.15, 0.2) is 24.3 Å². The Bertz CT molecular complexity index is 289. The van der Waals surface area contributed by atoms with Gasteiger partial charge in [0.2, 0.25) is 3.79 Å². The highest BCUT2D eigenvalue weighted by Crippen LogP contribution is 2.40. The Balaban J connectivity index is 2.92. The summed E-state index contributed by atoms with van der Waals surface area (Å²) in [6.45, 7) is 2.15. The average molecular weight is 252 g/mol. The summed E-state index contributed by atoms with van der Waals surface area (Å²) in [6.07, 6.45) is 3.24. The summed E-state index contributed by atoms with van der Waals surface area (Å²) in [5.41, 5.74) is 1.94. The third kappa shape index (κ3) is 3.34. The predicted octanol–water partition coefficient (Wildman–Crippen LogP) is 4.86. The topological polar surface area (TPSA) is 0 Å². The Morgan fingerprint density at radius 2 is 1.79 bits per heavy atom. The number of unbranched alkanes of at least 4 members (excludes halogenated alkanes) is 1. The van der Waals surface area contributed by atoms with E-state index in [-0.39, 0.29) is 0 Å². The maximum absolute atomic E-state index is 5.87. The first-order valence-corrected chi connectivity index (χ1v) is 5.84. The van der Waals surface area contributed by atoms with Crippen molar-refractivity contribution < 1.29 is 0 Å². The van der Waals surface area contributed by atoms with Gasteiger partial charge in [0.15, 0.2) is 0 Å². The standard InChI is InChI=1S/C11H13Cl3/c1-2-3-6-9-7-4-5-8-10(9)11(12,13)14/h4-5,7-8H,2-3,6H2,1H3. The molecule has 0 amide bonds. The van der Waals surface area contributed by atoms with Crippen LogP contribution in [-0.2, 0) is 10.2 Å². The highest BCUT2D eigenvalue weighted by molar-refractivity contribution is 6.66. The molecule has 0 saturated heterocycles. The van der Waals surface area contributed by atoms with Crippen molar-refractivity contribution in [1.82, 2.24) is 0 Å². The Morgan fingerprint density at radius 1 is 1.14 bits per heavy atom. The number of hydrogen-bond acceptors (Lipinski definition) is 0. The molecule has 0 atom stereocenters. The first-order chi connectivity index (χ1) is 6.55. The minimum absolute atomic E-state index is 0.804. The SMILES string of the molecule is CCCCc1ccccc1C(Cl)(Cl)Cl. The van der Waals surface area contributed by atoms with Crippen LogP contribution in [0.3, 0.4) is 0 Å². The molecule has 1 rings (SSSR count). The summed E-state index contributed by atoms with van der Waals surface area (Å²) in [7, 11) is 0. The first kappa shape index (κ1) is 12.2. The molecule has 0 aromatic heterocycles.